The van der Waals surface area contributed by atoms with E-state index in [9.17, 15) is 0 Å². The van der Waals surface area contributed by atoms with Crippen LogP contribution < -0.4 is 5.32 Å². The minimum Gasteiger partial charge on any atom is -0.356 e. The number of anilines is 1. The number of likely N-dealkylation sites (N-methyl/N-ethyl adjacent to an activating group) is 1. The minimum absolute atomic E-state index is 0.423. The van der Waals surface area contributed by atoms with Gasteiger partial charge in [0.25, 0.3) is 0 Å². The third kappa shape index (κ3) is 4.13. The van der Waals surface area contributed by atoms with E-state index in [2.05, 4.69) is 48.4 Å². The second-order valence-corrected chi connectivity index (χ2v) is 5.56. The summed E-state index contributed by atoms with van der Waals surface area (Å²) in [5, 5.41) is 13.4. The Hall–Kier alpha value is -0.680. The van der Waals surface area contributed by atoms with E-state index in [0.29, 0.717) is 12.0 Å². The Labute approximate surface area is 95.7 Å². The molecule has 0 aromatic carbocycles. The van der Waals surface area contributed by atoms with Crippen molar-refractivity contribution in [3.63, 3.8) is 0 Å². The van der Waals surface area contributed by atoms with Crippen molar-refractivity contribution in [3.8, 4) is 0 Å². The number of hydrogen-bond acceptors (Lipinski definition) is 5. The van der Waals surface area contributed by atoms with E-state index in [0.717, 1.165) is 16.7 Å². The number of nitrogens with one attached hydrogen (secondary N) is 1. The van der Waals surface area contributed by atoms with Crippen LogP contribution in [0.25, 0.3) is 0 Å². The molecule has 86 valence electrons. The number of rotatable bonds is 5. The Morgan fingerprint density at radius 3 is 2.40 bits per heavy atom. The molecule has 1 rings (SSSR count). The first kappa shape index (κ1) is 12.4. The summed E-state index contributed by atoms with van der Waals surface area (Å²) in [4.78, 5) is 2.19. The van der Waals surface area contributed by atoms with Crippen molar-refractivity contribution in [1.82, 2.24) is 15.1 Å². The fourth-order valence-electron chi connectivity index (χ4n) is 1.33. The maximum Gasteiger partial charge on any atom is 0.205 e. The molecule has 0 bridgehead atoms. The number of nitrogens with zero attached hydrogens (tertiary/aromatic N) is 3. The molecule has 1 aromatic rings. The van der Waals surface area contributed by atoms with Crippen LogP contribution in [0.4, 0.5) is 5.13 Å². The van der Waals surface area contributed by atoms with Gasteiger partial charge in [-0.1, -0.05) is 25.2 Å². The summed E-state index contributed by atoms with van der Waals surface area (Å²) >= 11 is 1.61. The molecule has 0 amide bonds. The third-order valence-corrected chi connectivity index (χ3v) is 2.97. The predicted octanol–water partition coefficient (Wildman–Crippen LogP) is 1.84. The summed E-state index contributed by atoms with van der Waals surface area (Å²) in [6.45, 7) is 7.42. The lowest BCUT2D eigenvalue weighted by Gasteiger charge is -2.24. The minimum atomic E-state index is 0.423. The summed E-state index contributed by atoms with van der Waals surface area (Å²) in [6, 6.07) is 0.423. The van der Waals surface area contributed by atoms with Crippen LogP contribution in [0.5, 0.6) is 0 Å². The number of hydrogen-bond donors (Lipinski definition) is 1. The largest absolute Gasteiger partial charge is 0.356 e. The Kier molecular flexibility index (Phi) is 4.47. The highest BCUT2D eigenvalue weighted by Crippen LogP contribution is 2.17. The molecule has 15 heavy (non-hydrogen) atoms. The first-order valence-corrected chi connectivity index (χ1v) is 6.02. The number of aromatic nitrogens is 2. The molecule has 0 fully saturated rings. The van der Waals surface area contributed by atoms with Gasteiger partial charge < -0.3 is 10.2 Å². The molecule has 1 N–H and O–H groups in total. The fraction of sp³-hybridized carbons (Fsp3) is 0.800. The van der Waals surface area contributed by atoms with E-state index >= 15 is 0 Å². The average Bonchev–Trinajstić information content (AvgIpc) is 2.49. The van der Waals surface area contributed by atoms with Crippen molar-refractivity contribution in [2.75, 3.05) is 26.0 Å². The summed E-state index contributed by atoms with van der Waals surface area (Å²) in [7, 11) is 4.17. The van der Waals surface area contributed by atoms with Crippen molar-refractivity contribution in [2.24, 2.45) is 5.92 Å². The molecule has 0 aliphatic rings. The Bertz CT molecular complexity index is 295. The summed E-state index contributed by atoms with van der Waals surface area (Å²) in [5.74, 6) is 0.580. The van der Waals surface area contributed by atoms with Gasteiger partial charge in [0, 0.05) is 12.6 Å². The standard InChI is InChI=1S/C10H20N4S/c1-7(2)9(6-14(4)5)11-10-13-12-8(3)15-10/h7,9H,6H2,1-5H3,(H,11,13). The van der Waals surface area contributed by atoms with E-state index in [-0.39, 0.29) is 0 Å². The van der Waals surface area contributed by atoms with Gasteiger partial charge in [0.05, 0.1) is 0 Å². The van der Waals surface area contributed by atoms with Crippen molar-refractivity contribution >= 4 is 16.5 Å². The van der Waals surface area contributed by atoms with Crippen LogP contribution >= 0.6 is 11.3 Å². The molecule has 1 heterocycles. The zero-order valence-corrected chi connectivity index (χ0v) is 10.9. The molecule has 4 nitrogen and oxygen atoms in total. The molecule has 1 atom stereocenters. The van der Waals surface area contributed by atoms with Crippen LogP contribution in [-0.4, -0.2) is 41.8 Å². The normalized spacial score (nSPS) is 13.5. The van der Waals surface area contributed by atoms with Crippen molar-refractivity contribution in [1.29, 1.82) is 0 Å². The fourth-order valence-corrected chi connectivity index (χ4v) is 1.98. The van der Waals surface area contributed by atoms with Crippen LogP contribution in [-0.2, 0) is 0 Å². The maximum atomic E-state index is 4.08. The second-order valence-electron chi connectivity index (χ2n) is 4.38. The molecular formula is C10H20N4S. The van der Waals surface area contributed by atoms with Gasteiger partial charge in [0.15, 0.2) is 0 Å². The topological polar surface area (TPSA) is 41.1 Å². The molecule has 0 radical (unpaired) electrons. The Morgan fingerprint density at radius 1 is 1.33 bits per heavy atom. The molecular weight excluding hydrogens is 208 g/mol. The quantitative estimate of drug-likeness (QED) is 0.835. The summed E-state index contributed by atoms with van der Waals surface area (Å²) < 4.78 is 0. The molecule has 5 heteroatoms. The lowest BCUT2D eigenvalue weighted by atomic mass is 10.0. The molecule has 0 saturated heterocycles. The van der Waals surface area contributed by atoms with Crippen LogP contribution in [0, 0.1) is 12.8 Å². The van der Waals surface area contributed by atoms with E-state index in [4.69, 9.17) is 0 Å². The highest BCUT2D eigenvalue weighted by atomic mass is 32.1. The van der Waals surface area contributed by atoms with Crippen LogP contribution in [0.3, 0.4) is 0 Å². The molecule has 0 aliphatic heterocycles. The summed E-state index contributed by atoms with van der Waals surface area (Å²) in [6.07, 6.45) is 0. The molecule has 1 unspecified atom stereocenters. The second kappa shape index (κ2) is 5.42. The van der Waals surface area contributed by atoms with Crippen molar-refractivity contribution in [2.45, 2.75) is 26.8 Å². The van der Waals surface area contributed by atoms with Gasteiger partial charge in [0.2, 0.25) is 5.13 Å². The molecule has 0 aliphatic carbocycles. The van der Waals surface area contributed by atoms with Gasteiger partial charge in [-0.05, 0) is 26.9 Å². The lowest BCUT2D eigenvalue weighted by molar-refractivity contribution is 0.344. The molecule has 1 aromatic heterocycles. The third-order valence-electron chi connectivity index (χ3n) is 2.20. The van der Waals surface area contributed by atoms with Crippen LogP contribution in [0.15, 0.2) is 0 Å². The average molecular weight is 228 g/mol. The van der Waals surface area contributed by atoms with Crippen molar-refractivity contribution in [3.05, 3.63) is 5.01 Å². The first-order valence-electron chi connectivity index (χ1n) is 5.20. The smallest absolute Gasteiger partial charge is 0.205 e. The van der Waals surface area contributed by atoms with Crippen LogP contribution in [0.2, 0.25) is 0 Å². The van der Waals surface area contributed by atoms with E-state index in [1.165, 1.54) is 0 Å². The number of aryl methyl sites for hydroxylation is 1. The van der Waals surface area contributed by atoms with Gasteiger partial charge in [-0.2, -0.15) is 0 Å². The molecule has 0 saturated carbocycles. The highest BCUT2D eigenvalue weighted by Gasteiger charge is 2.15. The molecule has 0 spiro atoms. The van der Waals surface area contributed by atoms with Gasteiger partial charge in [0.1, 0.15) is 5.01 Å². The Morgan fingerprint density at radius 2 is 2.00 bits per heavy atom. The van der Waals surface area contributed by atoms with Gasteiger partial charge in [-0.15, -0.1) is 10.2 Å². The van der Waals surface area contributed by atoms with Crippen molar-refractivity contribution < 1.29 is 0 Å². The lowest BCUT2D eigenvalue weighted by Crippen LogP contribution is -2.36. The summed E-state index contributed by atoms with van der Waals surface area (Å²) in [5.41, 5.74) is 0. The van der Waals surface area contributed by atoms with Gasteiger partial charge >= 0.3 is 0 Å². The maximum absolute atomic E-state index is 4.08. The van der Waals surface area contributed by atoms with E-state index < -0.39 is 0 Å². The zero-order valence-electron chi connectivity index (χ0n) is 10.1. The highest BCUT2D eigenvalue weighted by molar-refractivity contribution is 7.15. The van der Waals surface area contributed by atoms with E-state index in [1.807, 2.05) is 6.92 Å². The Balaban J connectivity index is 2.58. The zero-order chi connectivity index (χ0) is 11.4. The van der Waals surface area contributed by atoms with E-state index in [1.54, 1.807) is 11.3 Å². The van der Waals surface area contributed by atoms with Gasteiger partial charge in [-0.3, -0.25) is 0 Å². The monoisotopic (exact) mass is 228 g/mol. The van der Waals surface area contributed by atoms with Gasteiger partial charge in [-0.25, -0.2) is 0 Å². The predicted molar refractivity (Wildman–Crippen MR) is 65.4 cm³/mol. The first-order chi connectivity index (χ1) is 6.99. The SMILES string of the molecule is Cc1nnc(NC(CN(C)C)C(C)C)s1. The van der Waals surface area contributed by atoms with Crippen LogP contribution in [0.1, 0.15) is 18.9 Å².